The molecule has 14 heavy (non-hydrogen) atoms. The van der Waals surface area contributed by atoms with Gasteiger partial charge in [-0.15, -0.1) is 0 Å². The molecule has 0 amide bonds. The predicted molar refractivity (Wildman–Crippen MR) is 53.4 cm³/mol. The van der Waals surface area contributed by atoms with Crippen LogP contribution in [0.25, 0.3) is 11.0 Å². The van der Waals surface area contributed by atoms with Gasteiger partial charge in [-0.1, -0.05) is 0 Å². The van der Waals surface area contributed by atoms with Gasteiger partial charge >= 0.3 is 5.69 Å². The first kappa shape index (κ1) is 8.80. The molecule has 0 bridgehead atoms. The molecule has 2 aromatic rings. The number of rotatable bonds is 0. The molecule has 0 aliphatic rings. The van der Waals surface area contributed by atoms with Crippen LogP contribution in [0.3, 0.4) is 0 Å². The van der Waals surface area contributed by atoms with E-state index in [1.165, 1.54) is 11.6 Å². The van der Waals surface area contributed by atoms with Crippen LogP contribution in [-0.4, -0.2) is 13.7 Å². The minimum atomic E-state index is -0.302. The molecule has 0 aliphatic carbocycles. The second kappa shape index (κ2) is 2.60. The summed E-state index contributed by atoms with van der Waals surface area (Å²) < 4.78 is 4.34. The summed E-state index contributed by atoms with van der Waals surface area (Å²) in [5, 5.41) is 0.567. The van der Waals surface area contributed by atoms with Gasteiger partial charge in [0.2, 0.25) is 0 Å². The van der Waals surface area contributed by atoms with Crippen molar-refractivity contribution in [2.45, 2.75) is 0 Å². The third-order valence-electron chi connectivity index (χ3n) is 2.47. The Balaban J connectivity index is 3.22. The molecule has 0 aromatic carbocycles. The van der Waals surface area contributed by atoms with Gasteiger partial charge < -0.3 is 4.57 Å². The summed E-state index contributed by atoms with van der Waals surface area (Å²) in [6, 6.07) is 1.72. The summed E-state index contributed by atoms with van der Waals surface area (Å²) in [5.41, 5.74) is 0.103. The lowest BCUT2D eigenvalue weighted by Crippen LogP contribution is -2.37. The van der Waals surface area contributed by atoms with E-state index >= 15 is 0 Å². The molecule has 0 aliphatic heterocycles. The molecule has 0 unspecified atom stereocenters. The van der Waals surface area contributed by atoms with Crippen LogP contribution in [0.2, 0.25) is 0 Å². The Morgan fingerprint density at radius 3 is 2.36 bits per heavy atom. The van der Waals surface area contributed by atoms with E-state index in [0.29, 0.717) is 11.0 Å². The molecule has 0 fully saturated rings. The van der Waals surface area contributed by atoms with Gasteiger partial charge in [-0.2, -0.15) is 0 Å². The fraction of sp³-hybridized carbons (Fsp3) is 0.333. The first-order chi connectivity index (χ1) is 6.54. The van der Waals surface area contributed by atoms with E-state index < -0.39 is 0 Å². The molecule has 0 N–H and O–H groups in total. The number of fused-ring (bicyclic) bond motifs is 1. The van der Waals surface area contributed by atoms with Crippen molar-refractivity contribution in [2.75, 3.05) is 0 Å². The van der Waals surface area contributed by atoms with Crippen LogP contribution in [0.5, 0.6) is 0 Å². The van der Waals surface area contributed by atoms with Crippen molar-refractivity contribution in [3.05, 3.63) is 33.1 Å². The second-order valence-corrected chi connectivity index (χ2v) is 3.37. The first-order valence-corrected chi connectivity index (χ1v) is 4.25. The topological polar surface area (TPSA) is 48.9 Å². The molecule has 0 atom stereocenters. The van der Waals surface area contributed by atoms with Gasteiger partial charge in [-0.05, 0) is 6.07 Å². The summed E-state index contributed by atoms with van der Waals surface area (Å²) in [4.78, 5) is 23.2. The minimum Gasteiger partial charge on any atom is -0.337 e. The molecule has 0 saturated carbocycles. The van der Waals surface area contributed by atoms with Crippen LogP contribution in [0.1, 0.15) is 0 Å². The third-order valence-corrected chi connectivity index (χ3v) is 2.47. The van der Waals surface area contributed by atoms with E-state index in [-0.39, 0.29) is 11.2 Å². The lowest BCUT2D eigenvalue weighted by molar-refractivity contribution is 0.698. The highest BCUT2D eigenvalue weighted by atomic mass is 16.2. The quantitative estimate of drug-likeness (QED) is 0.570. The standard InChI is InChI=1S/C9H11N3O2/c1-10-5-4-6-7(10)11(2)9(14)12(3)8(6)13/h4-5H,1-3H3. The highest BCUT2D eigenvalue weighted by Gasteiger charge is 2.09. The maximum atomic E-state index is 11.7. The van der Waals surface area contributed by atoms with Crippen LogP contribution >= 0.6 is 0 Å². The summed E-state index contributed by atoms with van der Waals surface area (Å²) in [5.74, 6) is 0. The average Bonchev–Trinajstić information content (AvgIpc) is 2.54. The van der Waals surface area contributed by atoms with Crippen molar-refractivity contribution in [3.8, 4) is 0 Å². The normalized spacial score (nSPS) is 11.1. The molecule has 2 aromatic heterocycles. The SMILES string of the molecule is Cn1c(=O)c2ccn(C)c2n(C)c1=O. The molecule has 2 rings (SSSR count). The van der Waals surface area contributed by atoms with E-state index in [0.717, 1.165) is 4.57 Å². The molecule has 0 radical (unpaired) electrons. The monoisotopic (exact) mass is 193 g/mol. The largest absolute Gasteiger partial charge is 0.337 e. The highest BCUT2D eigenvalue weighted by molar-refractivity contribution is 5.75. The maximum absolute atomic E-state index is 11.7. The number of aromatic nitrogens is 3. The van der Waals surface area contributed by atoms with Gasteiger partial charge in [-0.3, -0.25) is 13.9 Å². The van der Waals surface area contributed by atoms with Gasteiger partial charge in [0.1, 0.15) is 5.65 Å². The average molecular weight is 193 g/mol. The molecule has 0 saturated heterocycles. The van der Waals surface area contributed by atoms with Crippen LogP contribution in [-0.2, 0) is 21.1 Å². The number of hydrogen-bond donors (Lipinski definition) is 0. The summed E-state index contributed by atoms with van der Waals surface area (Å²) in [7, 11) is 4.95. The van der Waals surface area contributed by atoms with Gasteiger partial charge in [0.05, 0.1) is 5.39 Å². The molecule has 2 heterocycles. The first-order valence-electron chi connectivity index (χ1n) is 4.25. The predicted octanol–water partition coefficient (Wildman–Crippen LogP) is -0.424. The molecule has 5 heteroatoms. The zero-order chi connectivity index (χ0) is 10.5. The van der Waals surface area contributed by atoms with Crippen molar-refractivity contribution in [1.82, 2.24) is 13.7 Å². The number of hydrogen-bond acceptors (Lipinski definition) is 2. The Morgan fingerprint density at radius 1 is 1.07 bits per heavy atom. The van der Waals surface area contributed by atoms with E-state index in [2.05, 4.69) is 0 Å². The van der Waals surface area contributed by atoms with Crippen molar-refractivity contribution >= 4 is 11.0 Å². The van der Waals surface area contributed by atoms with Gasteiger partial charge in [-0.25, -0.2) is 4.79 Å². The Kier molecular flexibility index (Phi) is 1.64. The maximum Gasteiger partial charge on any atom is 0.332 e. The van der Waals surface area contributed by atoms with Crippen molar-refractivity contribution in [3.63, 3.8) is 0 Å². The van der Waals surface area contributed by atoms with Crippen LogP contribution in [0, 0.1) is 0 Å². The van der Waals surface area contributed by atoms with E-state index in [1.807, 2.05) is 0 Å². The Bertz CT molecular complexity index is 615. The molecular formula is C9H11N3O2. The van der Waals surface area contributed by atoms with Crippen LogP contribution in [0.4, 0.5) is 0 Å². The van der Waals surface area contributed by atoms with Gasteiger partial charge in [0.25, 0.3) is 5.56 Å². The van der Waals surface area contributed by atoms with E-state index in [1.54, 1.807) is 30.9 Å². The van der Waals surface area contributed by atoms with E-state index in [9.17, 15) is 9.59 Å². The summed E-state index contributed by atoms with van der Waals surface area (Å²) in [6.45, 7) is 0. The van der Waals surface area contributed by atoms with Crippen LogP contribution < -0.4 is 11.2 Å². The number of aryl methyl sites for hydroxylation is 2. The summed E-state index contributed by atoms with van der Waals surface area (Å²) >= 11 is 0. The lowest BCUT2D eigenvalue weighted by atomic mass is 10.4. The van der Waals surface area contributed by atoms with Gasteiger partial charge in [0.15, 0.2) is 0 Å². The zero-order valence-corrected chi connectivity index (χ0v) is 8.31. The Hall–Kier alpha value is -1.78. The van der Waals surface area contributed by atoms with Crippen molar-refractivity contribution in [1.29, 1.82) is 0 Å². The molecule has 5 nitrogen and oxygen atoms in total. The van der Waals surface area contributed by atoms with Gasteiger partial charge in [0, 0.05) is 27.3 Å². The number of nitrogens with zero attached hydrogens (tertiary/aromatic N) is 3. The molecule has 0 spiro atoms. The Labute approximate surface area is 79.8 Å². The van der Waals surface area contributed by atoms with Crippen molar-refractivity contribution in [2.24, 2.45) is 21.1 Å². The fourth-order valence-corrected chi connectivity index (χ4v) is 1.69. The fourth-order valence-electron chi connectivity index (χ4n) is 1.69. The van der Waals surface area contributed by atoms with E-state index in [4.69, 9.17) is 0 Å². The smallest absolute Gasteiger partial charge is 0.332 e. The zero-order valence-electron chi connectivity index (χ0n) is 8.31. The minimum absolute atomic E-state index is 0.247. The Morgan fingerprint density at radius 2 is 1.71 bits per heavy atom. The summed E-state index contributed by atoms with van der Waals surface area (Å²) in [6.07, 6.45) is 1.77. The third kappa shape index (κ3) is 0.891. The second-order valence-electron chi connectivity index (χ2n) is 3.37. The molecule has 74 valence electrons. The van der Waals surface area contributed by atoms with Crippen molar-refractivity contribution < 1.29 is 0 Å². The highest BCUT2D eigenvalue weighted by Crippen LogP contribution is 2.06. The molecular weight excluding hydrogens is 182 g/mol. The van der Waals surface area contributed by atoms with Crippen LogP contribution in [0.15, 0.2) is 21.9 Å². The lowest BCUT2D eigenvalue weighted by Gasteiger charge is -2.05.